The van der Waals surface area contributed by atoms with Crippen LogP contribution < -0.4 is 4.74 Å². The highest BCUT2D eigenvalue weighted by Crippen LogP contribution is 2.21. The Balaban J connectivity index is 2.93. The van der Waals surface area contributed by atoms with Crippen molar-refractivity contribution < 1.29 is 14.3 Å². The number of hydrogen-bond donors (Lipinski definition) is 0. The smallest absolute Gasteiger partial charge is 0.310 e. The van der Waals surface area contributed by atoms with Gasteiger partial charge in [-0.1, -0.05) is 0 Å². The molecule has 1 rings (SSSR count). The highest BCUT2D eigenvalue weighted by molar-refractivity contribution is 14.1. The van der Waals surface area contributed by atoms with Crippen LogP contribution in [0.5, 0.6) is 5.75 Å². The molecule has 0 amide bonds. The summed E-state index contributed by atoms with van der Waals surface area (Å²) in [6.07, 6.45) is 0.247. The largest absolute Gasteiger partial charge is 0.496 e. The maximum absolute atomic E-state index is 11.1. The van der Waals surface area contributed by atoms with E-state index in [9.17, 15) is 4.79 Å². The molecule has 14 heavy (non-hydrogen) atoms. The van der Waals surface area contributed by atoms with E-state index in [4.69, 9.17) is 4.74 Å². The molecule has 0 heterocycles. The van der Waals surface area contributed by atoms with Gasteiger partial charge < -0.3 is 9.47 Å². The maximum Gasteiger partial charge on any atom is 0.310 e. The van der Waals surface area contributed by atoms with Gasteiger partial charge in [0.2, 0.25) is 0 Å². The fourth-order valence-electron chi connectivity index (χ4n) is 1.11. The summed E-state index contributed by atoms with van der Waals surface area (Å²) >= 11 is 2.19. The van der Waals surface area contributed by atoms with Crippen molar-refractivity contribution in [1.82, 2.24) is 0 Å². The molecule has 1 aromatic rings. The molecule has 0 N–H and O–H groups in total. The second kappa shape index (κ2) is 5.19. The van der Waals surface area contributed by atoms with Gasteiger partial charge in [-0.15, -0.1) is 0 Å². The molecule has 0 aromatic heterocycles. The van der Waals surface area contributed by atoms with E-state index >= 15 is 0 Å². The number of carbonyl (C=O) groups excluding carboxylic acids is 1. The molecule has 0 fully saturated rings. The van der Waals surface area contributed by atoms with E-state index in [0.29, 0.717) is 0 Å². The lowest BCUT2D eigenvalue weighted by Gasteiger charge is -2.07. The molecule has 0 atom stereocenters. The van der Waals surface area contributed by atoms with Crippen LogP contribution in [-0.4, -0.2) is 20.2 Å². The SMILES string of the molecule is COC(=O)Cc1cc(I)ccc1OC. The van der Waals surface area contributed by atoms with E-state index in [1.807, 2.05) is 18.2 Å². The lowest BCUT2D eigenvalue weighted by molar-refractivity contribution is -0.139. The first-order chi connectivity index (χ1) is 6.67. The molecule has 0 bridgehead atoms. The third-order valence-electron chi connectivity index (χ3n) is 1.80. The fourth-order valence-corrected chi connectivity index (χ4v) is 1.67. The van der Waals surface area contributed by atoms with Crippen LogP contribution in [0.1, 0.15) is 5.56 Å². The third-order valence-corrected chi connectivity index (χ3v) is 2.48. The minimum absolute atomic E-state index is 0.247. The number of methoxy groups -OCH3 is 2. The summed E-state index contributed by atoms with van der Waals surface area (Å²) in [7, 11) is 2.96. The molecule has 3 nitrogen and oxygen atoms in total. The Morgan fingerprint density at radius 1 is 1.43 bits per heavy atom. The van der Waals surface area contributed by atoms with E-state index < -0.39 is 0 Å². The van der Waals surface area contributed by atoms with Crippen molar-refractivity contribution in [2.45, 2.75) is 6.42 Å². The Morgan fingerprint density at radius 3 is 2.71 bits per heavy atom. The molecule has 0 aliphatic carbocycles. The van der Waals surface area contributed by atoms with Crippen LogP contribution in [-0.2, 0) is 16.0 Å². The molecule has 0 spiro atoms. The Kier molecular flexibility index (Phi) is 4.19. The van der Waals surface area contributed by atoms with Crippen LogP contribution in [0.25, 0.3) is 0 Å². The van der Waals surface area contributed by atoms with Crippen LogP contribution in [0.15, 0.2) is 18.2 Å². The molecular weight excluding hydrogens is 295 g/mol. The van der Waals surface area contributed by atoms with E-state index in [2.05, 4.69) is 27.3 Å². The third kappa shape index (κ3) is 2.87. The Bertz CT molecular complexity index is 336. The van der Waals surface area contributed by atoms with Gasteiger partial charge in [0.1, 0.15) is 5.75 Å². The standard InChI is InChI=1S/C10H11IO3/c1-13-9-4-3-8(11)5-7(9)6-10(12)14-2/h3-5H,6H2,1-2H3. The monoisotopic (exact) mass is 306 g/mol. The van der Waals surface area contributed by atoms with Crippen LogP contribution in [0.3, 0.4) is 0 Å². The van der Waals surface area contributed by atoms with Crippen molar-refractivity contribution in [2.24, 2.45) is 0 Å². The Labute approximate surface area is 96.5 Å². The highest BCUT2D eigenvalue weighted by Gasteiger charge is 2.08. The average molecular weight is 306 g/mol. The van der Waals surface area contributed by atoms with Crippen LogP contribution in [0.2, 0.25) is 0 Å². The minimum atomic E-state index is -0.259. The number of halogens is 1. The van der Waals surface area contributed by atoms with Gasteiger partial charge in [-0.05, 0) is 40.8 Å². The highest BCUT2D eigenvalue weighted by atomic mass is 127. The van der Waals surface area contributed by atoms with E-state index in [0.717, 1.165) is 14.9 Å². The second-order valence-corrected chi connectivity index (χ2v) is 3.95. The predicted molar refractivity (Wildman–Crippen MR) is 61.4 cm³/mol. The number of rotatable bonds is 3. The summed E-state index contributed by atoms with van der Waals surface area (Å²) in [5.41, 5.74) is 0.853. The van der Waals surface area contributed by atoms with Crippen molar-refractivity contribution in [3.05, 3.63) is 27.3 Å². The van der Waals surface area contributed by atoms with Gasteiger partial charge in [0.05, 0.1) is 20.6 Å². The minimum Gasteiger partial charge on any atom is -0.496 e. The normalized spacial score (nSPS) is 9.64. The maximum atomic E-state index is 11.1. The number of esters is 1. The molecular formula is C10H11IO3. The first-order valence-corrected chi connectivity index (χ1v) is 5.14. The van der Waals surface area contributed by atoms with Gasteiger partial charge in [0.25, 0.3) is 0 Å². The van der Waals surface area contributed by atoms with E-state index in [1.165, 1.54) is 7.11 Å². The van der Waals surface area contributed by atoms with Gasteiger partial charge in [-0.25, -0.2) is 0 Å². The summed E-state index contributed by atoms with van der Waals surface area (Å²) in [6.45, 7) is 0. The van der Waals surface area contributed by atoms with Gasteiger partial charge >= 0.3 is 5.97 Å². The molecule has 0 saturated carbocycles. The molecule has 4 heteroatoms. The Morgan fingerprint density at radius 2 is 2.14 bits per heavy atom. The zero-order valence-electron chi connectivity index (χ0n) is 8.04. The van der Waals surface area contributed by atoms with E-state index in [-0.39, 0.29) is 12.4 Å². The van der Waals surface area contributed by atoms with Gasteiger partial charge in [-0.3, -0.25) is 4.79 Å². The van der Waals surface area contributed by atoms with Crippen LogP contribution in [0.4, 0.5) is 0 Å². The first kappa shape index (κ1) is 11.3. The molecule has 0 aliphatic heterocycles. The number of carbonyl (C=O) groups is 1. The van der Waals surface area contributed by atoms with Gasteiger partial charge in [0.15, 0.2) is 0 Å². The number of benzene rings is 1. The lowest BCUT2D eigenvalue weighted by atomic mass is 10.1. The predicted octanol–water partition coefficient (Wildman–Crippen LogP) is 2.02. The molecule has 0 saturated heterocycles. The first-order valence-electron chi connectivity index (χ1n) is 4.06. The zero-order valence-corrected chi connectivity index (χ0v) is 10.2. The summed E-state index contributed by atoms with van der Waals surface area (Å²) in [4.78, 5) is 11.1. The Hall–Kier alpha value is -0.780. The second-order valence-electron chi connectivity index (χ2n) is 2.71. The molecule has 0 unspecified atom stereocenters. The van der Waals surface area contributed by atoms with Crippen molar-refractivity contribution in [3.8, 4) is 5.75 Å². The number of hydrogen-bond acceptors (Lipinski definition) is 3. The van der Waals surface area contributed by atoms with Crippen molar-refractivity contribution >= 4 is 28.6 Å². The summed E-state index contributed by atoms with van der Waals surface area (Å²) in [5.74, 6) is 0.459. The number of ether oxygens (including phenoxy) is 2. The molecule has 1 aromatic carbocycles. The van der Waals surface area contributed by atoms with Crippen LogP contribution >= 0.6 is 22.6 Å². The summed E-state index contributed by atoms with van der Waals surface area (Å²) < 4.78 is 10.8. The molecule has 0 radical (unpaired) electrons. The van der Waals surface area contributed by atoms with Crippen molar-refractivity contribution in [3.63, 3.8) is 0 Å². The molecule has 0 aliphatic rings. The van der Waals surface area contributed by atoms with Gasteiger partial charge in [-0.2, -0.15) is 0 Å². The van der Waals surface area contributed by atoms with Crippen molar-refractivity contribution in [2.75, 3.05) is 14.2 Å². The fraction of sp³-hybridized carbons (Fsp3) is 0.300. The average Bonchev–Trinajstić information content (AvgIpc) is 2.18. The zero-order chi connectivity index (χ0) is 10.6. The summed E-state index contributed by atoms with van der Waals surface area (Å²) in [5, 5.41) is 0. The molecule has 76 valence electrons. The van der Waals surface area contributed by atoms with Gasteiger partial charge in [0, 0.05) is 9.13 Å². The topological polar surface area (TPSA) is 35.5 Å². The van der Waals surface area contributed by atoms with E-state index in [1.54, 1.807) is 7.11 Å². The van der Waals surface area contributed by atoms with Crippen LogP contribution in [0, 0.1) is 3.57 Å². The lowest BCUT2D eigenvalue weighted by Crippen LogP contribution is -2.06. The summed E-state index contributed by atoms with van der Waals surface area (Å²) in [6, 6.07) is 5.69. The quantitative estimate of drug-likeness (QED) is 0.633. The van der Waals surface area contributed by atoms with Crippen molar-refractivity contribution in [1.29, 1.82) is 0 Å².